The van der Waals surface area contributed by atoms with E-state index < -0.39 is 0 Å². The highest BCUT2D eigenvalue weighted by molar-refractivity contribution is 7.99. The summed E-state index contributed by atoms with van der Waals surface area (Å²) < 4.78 is 3.98. The molecule has 0 unspecified atom stereocenters. The van der Waals surface area contributed by atoms with Crippen LogP contribution in [0.1, 0.15) is 11.4 Å². The normalized spacial score (nSPS) is 11.1. The Morgan fingerprint density at radius 1 is 0.909 bits per heavy atom. The molecule has 0 aliphatic rings. The molecule has 2 aromatic heterocycles. The third-order valence-electron chi connectivity index (χ3n) is 5.24. The van der Waals surface area contributed by atoms with Crippen LogP contribution in [0, 0.1) is 6.92 Å². The minimum Gasteiger partial charge on any atom is -0.302 e. The van der Waals surface area contributed by atoms with Crippen LogP contribution in [0.15, 0.2) is 90.1 Å². The molecule has 33 heavy (non-hydrogen) atoms. The van der Waals surface area contributed by atoms with Crippen molar-refractivity contribution < 1.29 is 4.79 Å². The highest BCUT2D eigenvalue weighted by Gasteiger charge is 2.16. The Labute approximate surface area is 195 Å². The fraction of sp³-hybridized carbons (Fsp3) is 0.120. The molecular weight excluding hydrogens is 432 g/mol. The van der Waals surface area contributed by atoms with Gasteiger partial charge in [-0.2, -0.15) is 0 Å². The van der Waals surface area contributed by atoms with Crippen molar-refractivity contribution in [3.05, 3.63) is 96.3 Å². The van der Waals surface area contributed by atoms with Crippen LogP contribution in [0.2, 0.25) is 0 Å². The standard InChI is InChI=1S/C25H22N6OS/c1-18-28-29-25(30(18)16-19-10-4-2-5-11-19)33-17-23(32)27-24-26-21-14-8-9-15-22(21)31(24)20-12-6-3-7-13-20/h2-15H,16-17H2,1H3,(H,26,27,32). The highest BCUT2D eigenvalue weighted by atomic mass is 32.2. The molecule has 0 bridgehead atoms. The van der Waals surface area contributed by atoms with Gasteiger partial charge in [-0.3, -0.25) is 14.7 Å². The molecule has 0 aliphatic carbocycles. The van der Waals surface area contributed by atoms with Crippen molar-refractivity contribution in [2.45, 2.75) is 18.6 Å². The number of benzene rings is 3. The van der Waals surface area contributed by atoms with E-state index in [0.717, 1.165) is 28.1 Å². The second kappa shape index (κ2) is 9.30. The maximum absolute atomic E-state index is 12.9. The van der Waals surface area contributed by atoms with Crippen LogP contribution in [0.3, 0.4) is 0 Å². The summed E-state index contributed by atoms with van der Waals surface area (Å²) in [6.45, 7) is 2.58. The Morgan fingerprint density at radius 3 is 2.39 bits per heavy atom. The lowest BCUT2D eigenvalue weighted by atomic mass is 10.2. The summed E-state index contributed by atoms with van der Waals surface area (Å²) >= 11 is 1.36. The summed E-state index contributed by atoms with van der Waals surface area (Å²) in [6.07, 6.45) is 0. The van der Waals surface area contributed by atoms with Crippen LogP contribution in [-0.2, 0) is 11.3 Å². The van der Waals surface area contributed by atoms with E-state index in [1.165, 1.54) is 11.8 Å². The number of nitrogens with zero attached hydrogens (tertiary/aromatic N) is 5. The SMILES string of the molecule is Cc1nnc(SCC(=O)Nc2nc3ccccc3n2-c2ccccc2)n1Cc1ccccc1. The van der Waals surface area contributed by atoms with Crippen molar-refractivity contribution in [3.8, 4) is 5.69 Å². The zero-order chi connectivity index (χ0) is 22.6. The molecule has 3 aromatic carbocycles. The molecule has 5 aromatic rings. The molecule has 1 amide bonds. The molecule has 2 heterocycles. The maximum Gasteiger partial charge on any atom is 0.237 e. The number of nitrogens with one attached hydrogen (secondary N) is 1. The number of hydrogen-bond acceptors (Lipinski definition) is 5. The fourth-order valence-corrected chi connectivity index (χ4v) is 4.44. The van der Waals surface area contributed by atoms with Gasteiger partial charge in [-0.25, -0.2) is 4.98 Å². The minimum absolute atomic E-state index is 0.153. The summed E-state index contributed by atoms with van der Waals surface area (Å²) in [7, 11) is 0. The van der Waals surface area contributed by atoms with E-state index in [1.807, 2.05) is 88.9 Å². The zero-order valence-corrected chi connectivity index (χ0v) is 18.9. The number of anilines is 1. The number of carbonyl (C=O) groups excluding carboxylic acids is 1. The van der Waals surface area contributed by atoms with Crippen molar-refractivity contribution in [1.82, 2.24) is 24.3 Å². The molecule has 0 saturated heterocycles. The summed E-state index contributed by atoms with van der Waals surface area (Å²) in [5.41, 5.74) is 3.85. The maximum atomic E-state index is 12.9. The van der Waals surface area contributed by atoms with Gasteiger partial charge < -0.3 is 4.57 Å². The molecule has 0 radical (unpaired) electrons. The van der Waals surface area contributed by atoms with E-state index in [1.54, 1.807) is 0 Å². The number of para-hydroxylation sites is 3. The number of fused-ring (bicyclic) bond motifs is 1. The lowest BCUT2D eigenvalue weighted by molar-refractivity contribution is -0.113. The number of hydrogen-bond donors (Lipinski definition) is 1. The molecule has 0 saturated carbocycles. The number of rotatable bonds is 7. The molecule has 164 valence electrons. The van der Waals surface area contributed by atoms with Gasteiger partial charge in [0.1, 0.15) is 5.82 Å². The number of carbonyl (C=O) groups is 1. The minimum atomic E-state index is -0.153. The Morgan fingerprint density at radius 2 is 1.61 bits per heavy atom. The molecule has 0 aliphatic heterocycles. The van der Waals surface area contributed by atoms with Gasteiger partial charge in [0.15, 0.2) is 5.16 Å². The predicted molar refractivity (Wildman–Crippen MR) is 131 cm³/mol. The Kier molecular flexibility index (Phi) is 5.91. The van der Waals surface area contributed by atoms with Crippen molar-refractivity contribution in [2.24, 2.45) is 0 Å². The van der Waals surface area contributed by atoms with Gasteiger partial charge in [-0.05, 0) is 36.8 Å². The van der Waals surface area contributed by atoms with Crippen LogP contribution < -0.4 is 5.32 Å². The quantitative estimate of drug-likeness (QED) is 0.361. The van der Waals surface area contributed by atoms with Crippen LogP contribution in [0.4, 0.5) is 5.95 Å². The summed E-state index contributed by atoms with van der Waals surface area (Å²) in [4.78, 5) is 17.5. The molecular formula is C25H22N6OS. The predicted octanol–water partition coefficient (Wildman–Crippen LogP) is 4.70. The number of aromatic nitrogens is 5. The van der Waals surface area contributed by atoms with Gasteiger partial charge >= 0.3 is 0 Å². The molecule has 7 nitrogen and oxygen atoms in total. The summed E-state index contributed by atoms with van der Waals surface area (Å²) in [6, 6.07) is 27.9. The molecule has 0 spiro atoms. The van der Waals surface area contributed by atoms with E-state index in [4.69, 9.17) is 0 Å². The van der Waals surface area contributed by atoms with Crippen molar-refractivity contribution in [2.75, 3.05) is 11.1 Å². The Bertz CT molecular complexity index is 1390. The lowest BCUT2D eigenvalue weighted by Crippen LogP contribution is -2.18. The van der Waals surface area contributed by atoms with E-state index in [2.05, 4.69) is 32.6 Å². The molecule has 0 atom stereocenters. The Balaban J connectivity index is 1.34. The summed E-state index contributed by atoms with van der Waals surface area (Å²) in [5.74, 6) is 1.35. The summed E-state index contributed by atoms with van der Waals surface area (Å²) in [5, 5.41) is 12.2. The first kappa shape index (κ1) is 21.0. The van der Waals surface area contributed by atoms with Gasteiger partial charge in [-0.1, -0.05) is 72.4 Å². The van der Waals surface area contributed by atoms with E-state index in [9.17, 15) is 4.79 Å². The first-order chi connectivity index (χ1) is 16.2. The topological polar surface area (TPSA) is 77.6 Å². The molecule has 1 N–H and O–H groups in total. The van der Waals surface area contributed by atoms with Crippen LogP contribution >= 0.6 is 11.8 Å². The van der Waals surface area contributed by atoms with E-state index in [-0.39, 0.29) is 11.7 Å². The number of thioether (sulfide) groups is 1. The smallest absolute Gasteiger partial charge is 0.237 e. The first-order valence-electron chi connectivity index (χ1n) is 10.6. The van der Waals surface area contributed by atoms with E-state index in [0.29, 0.717) is 17.6 Å². The van der Waals surface area contributed by atoms with Crippen molar-refractivity contribution in [3.63, 3.8) is 0 Å². The monoisotopic (exact) mass is 454 g/mol. The van der Waals surface area contributed by atoms with Gasteiger partial charge in [0.2, 0.25) is 11.9 Å². The van der Waals surface area contributed by atoms with Crippen molar-refractivity contribution in [1.29, 1.82) is 0 Å². The number of aryl methyl sites for hydroxylation is 1. The van der Waals surface area contributed by atoms with Crippen LogP contribution in [0.5, 0.6) is 0 Å². The largest absolute Gasteiger partial charge is 0.302 e. The number of amides is 1. The van der Waals surface area contributed by atoms with Gasteiger partial charge in [0.25, 0.3) is 0 Å². The van der Waals surface area contributed by atoms with Gasteiger partial charge in [-0.15, -0.1) is 10.2 Å². The highest BCUT2D eigenvalue weighted by Crippen LogP contribution is 2.25. The Hall–Kier alpha value is -3.91. The zero-order valence-electron chi connectivity index (χ0n) is 18.0. The third-order valence-corrected chi connectivity index (χ3v) is 6.21. The second-order valence-electron chi connectivity index (χ2n) is 7.53. The third kappa shape index (κ3) is 4.51. The molecule has 5 rings (SSSR count). The van der Waals surface area contributed by atoms with Crippen molar-refractivity contribution >= 4 is 34.7 Å². The van der Waals surface area contributed by atoms with Gasteiger partial charge in [0.05, 0.1) is 23.3 Å². The van der Waals surface area contributed by atoms with Crippen LogP contribution in [-0.4, -0.2) is 36.0 Å². The van der Waals surface area contributed by atoms with Gasteiger partial charge in [0, 0.05) is 5.69 Å². The average molecular weight is 455 g/mol. The second-order valence-corrected chi connectivity index (χ2v) is 8.48. The lowest BCUT2D eigenvalue weighted by Gasteiger charge is -2.11. The first-order valence-corrected chi connectivity index (χ1v) is 11.6. The average Bonchev–Trinajstić information content (AvgIpc) is 3.38. The van der Waals surface area contributed by atoms with Crippen LogP contribution in [0.25, 0.3) is 16.7 Å². The van der Waals surface area contributed by atoms with E-state index >= 15 is 0 Å². The fourth-order valence-electron chi connectivity index (χ4n) is 3.66. The molecule has 8 heteroatoms. The number of imidazole rings is 1. The molecule has 0 fully saturated rings.